The van der Waals surface area contributed by atoms with Crippen LogP contribution in [0.3, 0.4) is 0 Å². The molecule has 0 saturated carbocycles. The highest BCUT2D eigenvalue weighted by atomic mass is 19.4. The summed E-state index contributed by atoms with van der Waals surface area (Å²) in [6.45, 7) is 2.09. The first-order chi connectivity index (χ1) is 11.2. The molecule has 0 aliphatic carbocycles. The third-order valence-corrected chi connectivity index (χ3v) is 3.45. The average Bonchev–Trinajstić information content (AvgIpc) is 2.45. The van der Waals surface area contributed by atoms with Crippen LogP contribution in [0, 0.1) is 12.7 Å². The Labute approximate surface area is 139 Å². The first kappa shape index (κ1) is 20.2. The molecule has 8 heteroatoms. The summed E-state index contributed by atoms with van der Waals surface area (Å²) in [7, 11) is 3.01. The number of benzene rings is 1. The standard InChI is InChI=1S/C16H24F4N4/c1-12-10-14(17)5-4-13(12)6-7-22-15(21-2)23-8-9-24(3)11-16(18,19)20/h4-5,10H,6-9,11H2,1-3H3,(H2,21,22,23). The number of rotatable bonds is 7. The molecule has 1 aromatic rings. The van der Waals surface area contributed by atoms with E-state index in [-0.39, 0.29) is 12.4 Å². The van der Waals surface area contributed by atoms with Gasteiger partial charge in [0.25, 0.3) is 0 Å². The van der Waals surface area contributed by atoms with Gasteiger partial charge in [0, 0.05) is 26.7 Å². The van der Waals surface area contributed by atoms with E-state index in [1.807, 2.05) is 6.92 Å². The minimum Gasteiger partial charge on any atom is -0.356 e. The minimum atomic E-state index is -4.19. The predicted molar refractivity (Wildman–Crippen MR) is 87.8 cm³/mol. The smallest absolute Gasteiger partial charge is 0.356 e. The quantitative estimate of drug-likeness (QED) is 0.451. The van der Waals surface area contributed by atoms with Crippen molar-refractivity contribution in [3.05, 3.63) is 35.1 Å². The lowest BCUT2D eigenvalue weighted by Crippen LogP contribution is -2.43. The van der Waals surface area contributed by atoms with E-state index >= 15 is 0 Å². The van der Waals surface area contributed by atoms with Crippen molar-refractivity contribution in [2.45, 2.75) is 19.5 Å². The Kier molecular flexibility index (Phi) is 7.97. The fraction of sp³-hybridized carbons (Fsp3) is 0.562. The van der Waals surface area contributed by atoms with Crippen LogP contribution < -0.4 is 10.6 Å². The summed E-state index contributed by atoms with van der Waals surface area (Å²) in [6, 6.07) is 4.65. The van der Waals surface area contributed by atoms with Gasteiger partial charge in [-0.3, -0.25) is 9.89 Å². The Hall–Kier alpha value is -1.83. The lowest BCUT2D eigenvalue weighted by Gasteiger charge is -2.19. The molecule has 0 aliphatic rings. The van der Waals surface area contributed by atoms with E-state index in [2.05, 4.69) is 15.6 Å². The molecule has 0 aromatic heterocycles. The van der Waals surface area contributed by atoms with Crippen molar-refractivity contribution in [3.63, 3.8) is 0 Å². The number of halogens is 4. The zero-order chi connectivity index (χ0) is 18.2. The van der Waals surface area contributed by atoms with E-state index in [0.29, 0.717) is 25.5 Å². The van der Waals surface area contributed by atoms with Crippen LogP contribution >= 0.6 is 0 Å². The van der Waals surface area contributed by atoms with Gasteiger partial charge in [0.1, 0.15) is 5.82 Å². The largest absolute Gasteiger partial charge is 0.401 e. The molecule has 0 radical (unpaired) electrons. The summed E-state index contributed by atoms with van der Waals surface area (Å²) < 4.78 is 49.7. The van der Waals surface area contributed by atoms with Crippen molar-refractivity contribution >= 4 is 5.96 Å². The Bertz CT molecular complexity index is 543. The van der Waals surface area contributed by atoms with Gasteiger partial charge in [-0.25, -0.2) is 4.39 Å². The molecule has 0 aliphatic heterocycles. The molecule has 0 atom stereocenters. The molecule has 2 N–H and O–H groups in total. The number of aliphatic imine (C=N–C) groups is 1. The minimum absolute atomic E-state index is 0.247. The van der Waals surface area contributed by atoms with Crippen molar-refractivity contribution in [1.82, 2.24) is 15.5 Å². The molecule has 4 nitrogen and oxygen atoms in total. The Morgan fingerprint density at radius 1 is 1.21 bits per heavy atom. The van der Waals surface area contributed by atoms with Crippen LogP contribution in [-0.4, -0.2) is 57.3 Å². The average molecular weight is 348 g/mol. The maximum Gasteiger partial charge on any atom is 0.401 e. The maximum atomic E-state index is 13.0. The van der Waals surface area contributed by atoms with Gasteiger partial charge in [-0.1, -0.05) is 6.07 Å². The molecule has 0 amide bonds. The second kappa shape index (κ2) is 9.46. The van der Waals surface area contributed by atoms with E-state index < -0.39 is 12.7 Å². The molecular formula is C16H24F4N4. The topological polar surface area (TPSA) is 39.7 Å². The van der Waals surface area contributed by atoms with Gasteiger partial charge < -0.3 is 10.6 Å². The van der Waals surface area contributed by atoms with E-state index in [9.17, 15) is 17.6 Å². The van der Waals surface area contributed by atoms with Crippen molar-refractivity contribution in [2.75, 3.05) is 40.3 Å². The van der Waals surface area contributed by atoms with Crippen LogP contribution in [0.1, 0.15) is 11.1 Å². The van der Waals surface area contributed by atoms with Gasteiger partial charge >= 0.3 is 6.18 Å². The van der Waals surface area contributed by atoms with Gasteiger partial charge in [-0.05, 0) is 43.7 Å². The van der Waals surface area contributed by atoms with Crippen molar-refractivity contribution < 1.29 is 17.6 Å². The van der Waals surface area contributed by atoms with Crippen molar-refractivity contribution in [2.24, 2.45) is 4.99 Å². The second-order valence-electron chi connectivity index (χ2n) is 5.60. The number of aryl methyl sites for hydroxylation is 1. The van der Waals surface area contributed by atoms with E-state index in [1.165, 1.54) is 24.1 Å². The second-order valence-corrected chi connectivity index (χ2v) is 5.60. The number of nitrogens with one attached hydrogen (secondary N) is 2. The van der Waals surface area contributed by atoms with Crippen LogP contribution in [0.2, 0.25) is 0 Å². The van der Waals surface area contributed by atoms with Crippen LogP contribution in [0.4, 0.5) is 17.6 Å². The molecule has 0 fully saturated rings. The number of hydrogen-bond donors (Lipinski definition) is 2. The van der Waals surface area contributed by atoms with Crippen LogP contribution in [-0.2, 0) is 6.42 Å². The molecule has 0 saturated heterocycles. The Balaban J connectivity index is 2.30. The Morgan fingerprint density at radius 2 is 1.88 bits per heavy atom. The molecule has 1 aromatic carbocycles. The van der Waals surface area contributed by atoms with E-state index in [4.69, 9.17) is 0 Å². The van der Waals surface area contributed by atoms with Crippen LogP contribution in [0.25, 0.3) is 0 Å². The van der Waals surface area contributed by atoms with Gasteiger partial charge in [0.2, 0.25) is 0 Å². The molecule has 1 rings (SSSR count). The maximum absolute atomic E-state index is 13.0. The van der Waals surface area contributed by atoms with Crippen molar-refractivity contribution in [1.29, 1.82) is 0 Å². The number of hydrogen-bond acceptors (Lipinski definition) is 2. The highest BCUT2D eigenvalue weighted by Crippen LogP contribution is 2.15. The highest BCUT2D eigenvalue weighted by molar-refractivity contribution is 5.79. The van der Waals surface area contributed by atoms with Crippen molar-refractivity contribution in [3.8, 4) is 0 Å². The van der Waals surface area contributed by atoms with Crippen LogP contribution in [0.5, 0.6) is 0 Å². The summed E-state index contributed by atoms with van der Waals surface area (Å²) >= 11 is 0. The van der Waals surface area contributed by atoms with E-state index in [1.54, 1.807) is 13.1 Å². The molecule has 0 unspecified atom stereocenters. The monoisotopic (exact) mass is 348 g/mol. The lowest BCUT2D eigenvalue weighted by molar-refractivity contribution is -0.142. The fourth-order valence-electron chi connectivity index (χ4n) is 2.23. The number of guanidine groups is 1. The molecule has 0 spiro atoms. The van der Waals surface area contributed by atoms with Crippen LogP contribution in [0.15, 0.2) is 23.2 Å². The summed E-state index contributed by atoms with van der Waals surface area (Å²) in [4.78, 5) is 5.22. The Morgan fingerprint density at radius 3 is 2.46 bits per heavy atom. The molecule has 0 bridgehead atoms. The number of nitrogens with zero attached hydrogens (tertiary/aromatic N) is 2. The van der Waals surface area contributed by atoms with Gasteiger partial charge in [-0.2, -0.15) is 13.2 Å². The first-order valence-corrected chi connectivity index (χ1v) is 7.66. The normalized spacial score (nSPS) is 12.6. The molecule has 136 valence electrons. The number of alkyl halides is 3. The summed E-state index contributed by atoms with van der Waals surface area (Å²) in [5.41, 5.74) is 1.91. The molecule has 0 heterocycles. The predicted octanol–water partition coefficient (Wildman–Crippen LogP) is 2.34. The van der Waals surface area contributed by atoms with E-state index in [0.717, 1.165) is 11.1 Å². The van der Waals surface area contributed by atoms with Gasteiger partial charge in [-0.15, -0.1) is 0 Å². The zero-order valence-corrected chi connectivity index (χ0v) is 14.2. The van der Waals surface area contributed by atoms with Gasteiger partial charge in [0.05, 0.1) is 6.54 Å². The lowest BCUT2D eigenvalue weighted by atomic mass is 10.1. The van der Waals surface area contributed by atoms with Gasteiger partial charge in [0.15, 0.2) is 5.96 Å². The first-order valence-electron chi connectivity index (χ1n) is 7.66. The summed E-state index contributed by atoms with van der Waals surface area (Å²) in [5.74, 6) is 0.264. The highest BCUT2D eigenvalue weighted by Gasteiger charge is 2.28. The zero-order valence-electron chi connectivity index (χ0n) is 14.2. The fourth-order valence-corrected chi connectivity index (χ4v) is 2.23. The number of likely N-dealkylation sites (N-methyl/N-ethyl adjacent to an activating group) is 1. The third kappa shape index (κ3) is 8.14. The summed E-state index contributed by atoms with van der Waals surface area (Å²) in [5, 5.41) is 6.05. The SMILES string of the molecule is CN=C(NCCc1ccc(F)cc1C)NCCN(C)CC(F)(F)F. The molecule has 24 heavy (non-hydrogen) atoms. The molecular weight excluding hydrogens is 324 g/mol. The summed E-state index contributed by atoms with van der Waals surface area (Å²) in [6.07, 6.45) is -3.50. The third-order valence-electron chi connectivity index (χ3n) is 3.45.